The Morgan fingerprint density at radius 3 is 2.40 bits per heavy atom. The summed E-state index contributed by atoms with van der Waals surface area (Å²) in [5.74, 6) is 0.148. The lowest BCUT2D eigenvalue weighted by atomic mass is 9.97. The van der Waals surface area contributed by atoms with E-state index in [1.807, 2.05) is 12.1 Å². The van der Waals surface area contributed by atoms with Gasteiger partial charge in [0.2, 0.25) is 0 Å². The molecule has 0 aromatic heterocycles. The fraction of sp³-hybridized carbons (Fsp3) is 0.462. The van der Waals surface area contributed by atoms with Crippen LogP contribution in [0.15, 0.2) is 18.2 Å². The number of rotatable bonds is 5. The van der Waals surface area contributed by atoms with E-state index in [0.29, 0.717) is 13.0 Å². The van der Waals surface area contributed by atoms with E-state index in [4.69, 9.17) is 5.73 Å². The van der Waals surface area contributed by atoms with Crippen LogP contribution in [-0.4, -0.2) is 12.3 Å². The topological polar surface area (TPSA) is 43.1 Å². The molecule has 0 saturated carbocycles. The first kappa shape index (κ1) is 11.9. The van der Waals surface area contributed by atoms with Crippen molar-refractivity contribution in [2.24, 2.45) is 5.73 Å². The van der Waals surface area contributed by atoms with Crippen molar-refractivity contribution in [2.45, 2.75) is 33.1 Å². The standard InChI is InChI=1S/C13H19NO/c1-3-10-5-6-12(9-11(10)4-2)13(15)7-8-14/h5-6,9H,3-4,7-8,14H2,1-2H3. The predicted molar refractivity (Wildman–Crippen MR) is 63.2 cm³/mol. The zero-order valence-corrected chi connectivity index (χ0v) is 9.55. The highest BCUT2D eigenvalue weighted by Crippen LogP contribution is 2.14. The van der Waals surface area contributed by atoms with E-state index in [-0.39, 0.29) is 5.78 Å². The van der Waals surface area contributed by atoms with Gasteiger partial charge in [0, 0.05) is 12.0 Å². The summed E-state index contributed by atoms with van der Waals surface area (Å²) in [7, 11) is 0. The molecule has 2 nitrogen and oxygen atoms in total. The van der Waals surface area contributed by atoms with Crippen LogP contribution in [0.25, 0.3) is 0 Å². The Bertz CT molecular complexity index is 344. The number of nitrogens with two attached hydrogens (primary N) is 1. The highest BCUT2D eigenvalue weighted by atomic mass is 16.1. The number of hydrogen-bond donors (Lipinski definition) is 1. The molecule has 0 bridgehead atoms. The Balaban J connectivity index is 2.97. The van der Waals surface area contributed by atoms with Crippen LogP contribution in [0.3, 0.4) is 0 Å². The molecule has 1 rings (SSSR count). The minimum atomic E-state index is 0.148. The molecule has 0 heterocycles. The second-order valence-corrected chi connectivity index (χ2v) is 3.65. The van der Waals surface area contributed by atoms with Crippen LogP contribution < -0.4 is 5.73 Å². The lowest BCUT2D eigenvalue weighted by molar-refractivity contribution is 0.0985. The Morgan fingerprint density at radius 2 is 1.87 bits per heavy atom. The van der Waals surface area contributed by atoms with Gasteiger partial charge in [0.25, 0.3) is 0 Å². The Morgan fingerprint density at radius 1 is 1.20 bits per heavy atom. The summed E-state index contributed by atoms with van der Waals surface area (Å²) in [4.78, 5) is 11.6. The van der Waals surface area contributed by atoms with Crippen LogP contribution in [-0.2, 0) is 12.8 Å². The molecule has 0 aliphatic carbocycles. The van der Waals surface area contributed by atoms with Crippen molar-refractivity contribution in [1.29, 1.82) is 0 Å². The van der Waals surface area contributed by atoms with Gasteiger partial charge in [-0.15, -0.1) is 0 Å². The van der Waals surface area contributed by atoms with Crippen molar-refractivity contribution in [2.75, 3.05) is 6.54 Å². The maximum atomic E-state index is 11.6. The van der Waals surface area contributed by atoms with Crippen LogP contribution in [0.2, 0.25) is 0 Å². The third kappa shape index (κ3) is 2.90. The number of carbonyl (C=O) groups is 1. The fourth-order valence-electron chi connectivity index (χ4n) is 1.75. The van der Waals surface area contributed by atoms with Gasteiger partial charge in [0.1, 0.15) is 0 Å². The van der Waals surface area contributed by atoms with E-state index in [9.17, 15) is 4.79 Å². The first-order valence-electron chi connectivity index (χ1n) is 5.58. The van der Waals surface area contributed by atoms with Crippen molar-refractivity contribution >= 4 is 5.78 Å². The summed E-state index contributed by atoms with van der Waals surface area (Å²) in [6, 6.07) is 5.98. The van der Waals surface area contributed by atoms with E-state index in [0.717, 1.165) is 18.4 Å². The molecule has 0 fully saturated rings. The fourth-order valence-corrected chi connectivity index (χ4v) is 1.75. The van der Waals surface area contributed by atoms with Gasteiger partial charge >= 0.3 is 0 Å². The highest BCUT2D eigenvalue weighted by Gasteiger charge is 2.07. The van der Waals surface area contributed by atoms with Crippen LogP contribution in [0.5, 0.6) is 0 Å². The minimum Gasteiger partial charge on any atom is -0.330 e. The van der Waals surface area contributed by atoms with E-state index in [1.165, 1.54) is 11.1 Å². The number of ketones is 1. The van der Waals surface area contributed by atoms with Gasteiger partial charge in [-0.3, -0.25) is 4.79 Å². The van der Waals surface area contributed by atoms with E-state index in [2.05, 4.69) is 19.9 Å². The normalized spacial score (nSPS) is 10.3. The van der Waals surface area contributed by atoms with Crippen molar-refractivity contribution in [1.82, 2.24) is 0 Å². The highest BCUT2D eigenvalue weighted by molar-refractivity contribution is 5.96. The average molecular weight is 205 g/mol. The number of benzene rings is 1. The Kier molecular flexibility index (Phi) is 4.50. The molecule has 0 radical (unpaired) electrons. The van der Waals surface area contributed by atoms with Crippen molar-refractivity contribution in [3.05, 3.63) is 34.9 Å². The number of carbonyl (C=O) groups excluding carboxylic acids is 1. The van der Waals surface area contributed by atoms with Crippen LogP contribution in [0.4, 0.5) is 0 Å². The van der Waals surface area contributed by atoms with Gasteiger partial charge in [-0.1, -0.05) is 26.0 Å². The van der Waals surface area contributed by atoms with E-state index in [1.54, 1.807) is 0 Å². The maximum absolute atomic E-state index is 11.6. The molecule has 0 aliphatic rings. The Labute approximate surface area is 91.5 Å². The van der Waals surface area contributed by atoms with Gasteiger partial charge in [-0.2, -0.15) is 0 Å². The first-order chi connectivity index (χ1) is 7.22. The smallest absolute Gasteiger partial charge is 0.164 e. The third-order valence-corrected chi connectivity index (χ3v) is 2.66. The number of Topliss-reactive ketones (excluding diaryl/α,β-unsaturated/α-hetero) is 1. The quantitative estimate of drug-likeness (QED) is 0.750. The molecule has 0 saturated heterocycles. The van der Waals surface area contributed by atoms with Gasteiger partial charge < -0.3 is 5.73 Å². The summed E-state index contributed by atoms with van der Waals surface area (Å²) in [6.07, 6.45) is 2.44. The van der Waals surface area contributed by atoms with Gasteiger partial charge in [-0.25, -0.2) is 0 Å². The SMILES string of the molecule is CCc1ccc(C(=O)CCN)cc1CC. The summed E-state index contributed by atoms with van der Waals surface area (Å²) >= 11 is 0. The summed E-state index contributed by atoms with van der Waals surface area (Å²) in [5, 5.41) is 0. The average Bonchev–Trinajstić information content (AvgIpc) is 2.28. The van der Waals surface area contributed by atoms with E-state index >= 15 is 0 Å². The zero-order chi connectivity index (χ0) is 11.3. The minimum absolute atomic E-state index is 0.148. The lowest BCUT2D eigenvalue weighted by Crippen LogP contribution is -2.08. The van der Waals surface area contributed by atoms with Crippen molar-refractivity contribution in [3.63, 3.8) is 0 Å². The molecule has 2 heteroatoms. The second-order valence-electron chi connectivity index (χ2n) is 3.65. The van der Waals surface area contributed by atoms with Crippen molar-refractivity contribution in [3.8, 4) is 0 Å². The molecule has 1 aromatic rings. The number of hydrogen-bond acceptors (Lipinski definition) is 2. The molecule has 15 heavy (non-hydrogen) atoms. The number of aryl methyl sites for hydroxylation is 2. The third-order valence-electron chi connectivity index (χ3n) is 2.66. The molecule has 0 spiro atoms. The van der Waals surface area contributed by atoms with E-state index < -0.39 is 0 Å². The molecule has 82 valence electrons. The second kappa shape index (κ2) is 5.66. The molecule has 1 aromatic carbocycles. The summed E-state index contributed by atoms with van der Waals surface area (Å²) < 4.78 is 0. The van der Waals surface area contributed by atoms with Crippen molar-refractivity contribution < 1.29 is 4.79 Å². The van der Waals surface area contributed by atoms with Gasteiger partial charge in [0.05, 0.1) is 0 Å². The molecule has 0 unspecified atom stereocenters. The first-order valence-corrected chi connectivity index (χ1v) is 5.58. The van der Waals surface area contributed by atoms with Crippen LogP contribution in [0.1, 0.15) is 41.8 Å². The largest absolute Gasteiger partial charge is 0.330 e. The summed E-state index contributed by atoms with van der Waals surface area (Å²) in [6.45, 7) is 4.68. The lowest BCUT2D eigenvalue weighted by Gasteiger charge is -2.07. The zero-order valence-electron chi connectivity index (χ0n) is 9.55. The molecular formula is C13H19NO. The molecular weight excluding hydrogens is 186 g/mol. The summed E-state index contributed by atoms with van der Waals surface area (Å²) in [5.41, 5.74) is 8.79. The van der Waals surface area contributed by atoms with Gasteiger partial charge in [0.15, 0.2) is 5.78 Å². The monoisotopic (exact) mass is 205 g/mol. The molecule has 2 N–H and O–H groups in total. The predicted octanol–water partition coefficient (Wildman–Crippen LogP) is 2.34. The van der Waals surface area contributed by atoms with Crippen LogP contribution in [0, 0.1) is 0 Å². The molecule has 0 amide bonds. The molecule has 0 aliphatic heterocycles. The Hall–Kier alpha value is -1.15. The maximum Gasteiger partial charge on any atom is 0.164 e. The molecule has 0 atom stereocenters. The van der Waals surface area contributed by atoms with Gasteiger partial charge in [-0.05, 0) is 36.6 Å². The van der Waals surface area contributed by atoms with Crippen LogP contribution >= 0.6 is 0 Å².